The fourth-order valence-corrected chi connectivity index (χ4v) is 5.66. The maximum atomic E-state index is 9.02. The second kappa shape index (κ2) is 2.98. The highest BCUT2D eigenvalue weighted by molar-refractivity contribution is 14.1. The first-order valence-electron chi connectivity index (χ1n) is 5.32. The first kappa shape index (κ1) is 9.65. The fourth-order valence-electron chi connectivity index (χ4n) is 3.24. The topological polar surface area (TPSA) is 23.8 Å². The molecule has 2 bridgehead atoms. The van der Waals surface area contributed by atoms with Crippen LogP contribution in [0.2, 0.25) is 0 Å². The highest BCUT2D eigenvalue weighted by Gasteiger charge is 2.65. The van der Waals surface area contributed by atoms with Crippen LogP contribution in [0.5, 0.6) is 0 Å². The maximum Gasteiger partial charge on any atom is 0.0994 e. The van der Waals surface area contributed by atoms with Crippen LogP contribution in [0.15, 0.2) is 24.3 Å². The molecule has 0 heterocycles. The van der Waals surface area contributed by atoms with Gasteiger partial charge in [0.2, 0.25) is 0 Å². The third kappa shape index (κ3) is 1.40. The molecule has 0 aliphatic heterocycles. The van der Waals surface area contributed by atoms with Crippen molar-refractivity contribution in [3.63, 3.8) is 0 Å². The van der Waals surface area contributed by atoms with Crippen molar-refractivity contribution >= 4 is 22.6 Å². The zero-order valence-corrected chi connectivity index (χ0v) is 10.6. The Morgan fingerprint density at radius 3 is 2.53 bits per heavy atom. The molecule has 0 spiro atoms. The summed E-state index contributed by atoms with van der Waals surface area (Å²) in [7, 11) is 0. The summed E-state index contributed by atoms with van der Waals surface area (Å²) in [6.45, 7) is 0. The van der Waals surface area contributed by atoms with E-state index in [0.717, 1.165) is 12.0 Å². The van der Waals surface area contributed by atoms with Gasteiger partial charge in [0.1, 0.15) is 0 Å². The lowest BCUT2D eigenvalue weighted by molar-refractivity contribution is -0.0614. The number of nitrogens with zero attached hydrogens (tertiary/aromatic N) is 1. The van der Waals surface area contributed by atoms with Gasteiger partial charge in [0, 0.05) is 3.42 Å². The van der Waals surface area contributed by atoms with Gasteiger partial charge in [0.25, 0.3) is 0 Å². The van der Waals surface area contributed by atoms with Gasteiger partial charge in [-0.15, -0.1) is 0 Å². The highest BCUT2D eigenvalue weighted by Crippen LogP contribution is 2.73. The Hall–Kier alpha value is -0.560. The van der Waals surface area contributed by atoms with E-state index in [2.05, 4.69) is 34.7 Å². The van der Waals surface area contributed by atoms with E-state index in [9.17, 15) is 0 Å². The summed E-state index contributed by atoms with van der Waals surface area (Å²) in [6.07, 6.45) is 5.20. The van der Waals surface area contributed by atoms with Gasteiger partial charge in [-0.3, -0.25) is 0 Å². The lowest BCUT2D eigenvalue weighted by atomic mass is 9.42. The summed E-state index contributed by atoms with van der Waals surface area (Å²) in [4.78, 5) is 0. The predicted molar refractivity (Wildman–Crippen MR) is 67.9 cm³/mol. The normalized spacial score (nSPS) is 36.3. The van der Waals surface area contributed by atoms with Crippen LogP contribution in [0, 0.1) is 16.7 Å². The molecule has 3 aliphatic rings. The van der Waals surface area contributed by atoms with Crippen LogP contribution in [0.4, 0.5) is 0 Å². The highest BCUT2D eigenvalue weighted by atomic mass is 127. The molecule has 1 aromatic carbocycles. The van der Waals surface area contributed by atoms with Crippen molar-refractivity contribution in [2.24, 2.45) is 5.41 Å². The van der Waals surface area contributed by atoms with Crippen LogP contribution in [-0.2, 0) is 6.42 Å². The number of alkyl halides is 1. The van der Waals surface area contributed by atoms with Gasteiger partial charge >= 0.3 is 0 Å². The van der Waals surface area contributed by atoms with Crippen molar-refractivity contribution in [3.05, 3.63) is 35.4 Å². The molecule has 0 radical (unpaired) electrons. The molecule has 1 aromatic rings. The SMILES string of the molecule is N#Cc1ccccc1CC12CC(I)(C1)C2. The van der Waals surface area contributed by atoms with Gasteiger partial charge in [-0.05, 0) is 42.7 Å². The first-order chi connectivity index (χ1) is 7.15. The number of rotatable bonds is 2. The summed E-state index contributed by atoms with van der Waals surface area (Å²) in [6, 6.07) is 10.3. The zero-order valence-electron chi connectivity index (χ0n) is 8.46. The molecule has 3 saturated carbocycles. The Morgan fingerprint density at radius 1 is 1.27 bits per heavy atom. The Morgan fingerprint density at radius 2 is 1.93 bits per heavy atom. The van der Waals surface area contributed by atoms with Crippen LogP contribution >= 0.6 is 22.6 Å². The number of hydrogen-bond acceptors (Lipinski definition) is 1. The molecule has 0 unspecified atom stereocenters. The second-order valence-electron chi connectivity index (χ2n) is 5.13. The molecule has 0 saturated heterocycles. The molecule has 4 rings (SSSR count). The zero-order chi connectivity index (χ0) is 10.5. The summed E-state index contributed by atoms with van der Waals surface area (Å²) in [5.74, 6) is 0. The number of halogens is 1. The molecule has 15 heavy (non-hydrogen) atoms. The van der Waals surface area contributed by atoms with E-state index in [1.165, 1.54) is 24.8 Å². The number of benzene rings is 1. The lowest BCUT2D eigenvalue weighted by Gasteiger charge is -2.68. The van der Waals surface area contributed by atoms with E-state index in [4.69, 9.17) is 5.26 Å². The third-order valence-electron chi connectivity index (χ3n) is 3.78. The fraction of sp³-hybridized carbons (Fsp3) is 0.462. The van der Waals surface area contributed by atoms with Crippen molar-refractivity contribution in [1.82, 2.24) is 0 Å². The minimum atomic E-state index is 0.564. The average molecular weight is 309 g/mol. The Bertz CT molecular complexity index is 438. The molecule has 1 nitrogen and oxygen atoms in total. The standard InChI is InChI=1S/C13H12IN/c14-13-7-12(8-13,9-13)5-10-3-1-2-4-11(10)6-15/h1-4H,5,7-9H2. The van der Waals surface area contributed by atoms with Crippen LogP contribution in [0.3, 0.4) is 0 Å². The summed E-state index contributed by atoms with van der Waals surface area (Å²) in [5, 5.41) is 9.02. The third-order valence-corrected chi connectivity index (χ3v) is 4.92. The minimum absolute atomic E-state index is 0.564. The van der Waals surface area contributed by atoms with Crippen molar-refractivity contribution in [1.29, 1.82) is 5.26 Å². The quantitative estimate of drug-likeness (QED) is 0.606. The minimum Gasteiger partial charge on any atom is -0.192 e. The van der Waals surface area contributed by atoms with E-state index in [1.54, 1.807) is 0 Å². The summed E-state index contributed by atoms with van der Waals surface area (Å²) < 4.78 is 0.638. The molecule has 0 aromatic heterocycles. The van der Waals surface area contributed by atoms with Gasteiger partial charge in [-0.2, -0.15) is 5.26 Å². The van der Waals surface area contributed by atoms with Crippen molar-refractivity contribution in [2.75, 3.05) is 0 Å². The van der Waals surface area contributed by atoms with E-state index in [-0.39, 0.29) is 0 Å². The number of hydrogen-bond donors (Lipinski definition) is 0. The van der Waals surface area contributed by atoms with Gasteiger partial charge in [0.15, 0.2) is 0 Å². The van der Waals surface area contributed by atoms with Crippen LogP contribution < -0.4 is 0 Å². The summed E-state index contributed by atoms with van der Waals surface area (Å²) >= 11 is 2.60. The molecular weight excluding hydrogens is 297 g/mol. The number of nitriles is 1. The van der Waals surface area contributed by atoms with Crippen molar-refractivity contribution in [2.45, 2.75) is 29.1 Å². The monoisotopic (exact) mass is 309 g/mol. The molecule has 3 aliphatic carbocycles. The van der Waals surface area contributed by atoms with Gasteiger partial charge in [-0.1, -0.05) is 40.8 Å². The second-order valence-corrected chi connectivity index (χ2v) is 7.42. The molecule has 3 fully saturated rings. The van der Waals surface area contributed by atoms with Crippen LogP contribution in [-0.4, -0.2) is 3.42 Å². The van der Waals surface area contributed by atoms with Gasteiger partial charge < -0.3 is 0 Å². The van der Waals surface area contributed by atoms with E-state index in [0.29, 0.717) is 8.84 Å². The van der Waals surface area contributed by atoms with E-state index in [1.807, 2.05) is 18.2 Å². The lowest BCUT2D eigenvalue weighted by Crippen LogP contribution is -2.64. The Balaban J connectivity index is 1.81. The molecule has 0 N–H and O–H groups in total. The maximum absolute atomic E-state index is 9.02. The Kier molecular flexibility index (Phi) is 1.91. The van der Waals surface area contributed by atoms with Crippen molar-refractivity contribution < 1.29 is 0 Å². The van der Waals surface area contributed by atoms with Crippen LogP contribution in [0.25, 0.3) is 0 Å². The smallest absolute Gasteiger partial charge is 0.0994 e. The molecule has 2 heteroatoms. The van der Waals surface area contributed by atoms with E-state index >= 15 is 0 Å². The largest absolute Gasteiger partial charge is 0.192 e. The van der Waals surface area contributed by atoms with Gasteiger partial charge in [-0.25, -0.2) is 0 Å². The molecule has 76 valence electrons. The van der Waals surface area contributed by atoms with Crippen LogP contribution in [0.1, 0.15) is 30.4 Å². The van der Waals surface area contributed by atoms with Crippen molar-refractivity contribution in [3.8, 4) is 6.07 Å². The van der Waals surface area contributed by atoms with Gasteiger partial charge in [0.05, 0.1) is 11.6 Å². The predicted octanol–water partition coefficient (Wildman–Crippen LogP) is 3.46. The first-order valence-corrected chi connectivity index (χ1v) is 6.40. The molecule has 0 amide bonds. The summed E-state index contributed by atoms with van der Waals surface area (Å²) in [5.41, 5.74) is 2.68. The Labute approximate surface area is 104 Å². The van der Waals surface area contributed by atoms with E-state index < -0.39 is 0 Å². The average Bonchev–Trinajstić information content (AvgIpc) is 2.14. The molecular formula is C13H12IN. The molecule has 0 atom stereocenters.